The third-order valence-corrected chi connectivity index (χ3v) is 4.20. The van der Waals surface area contributed by atoms with E-state index in [2.05, 4.69) is 0 Å². The maximum atomic E-state index is 12.1. The normalized spacial score (nSPS) is 29.3. The van der Waals surface area contributed by atoms with Crippen LogP contribution in [0.1, 0.15) is 5.56 Å². The van der Waals surface area contributed by atoms with Gasteiger partial charge in [0, 0.05) is 12.5 Å². The molecule has 1 aliphatic carbocycles. The zero-order valence-electron chi connectivity index (χ0n) is 10.5. The number of rotatable bonds is 2. The molecule has 0 unspecified atom stereocenters. The second-order valence-corrected chi connectivity index (χ2v) is 5.41. The quantitative estimate of drug-likeness (QED) is 0.781. The molecule has 1 aromatic carbocycles. The molecular weight excluding hydrogens is 266 g/mol. The molecule has 0 bridgehead atoms. The lowest BCUT2D eigenvalue weighted by Gasteiger charge is -2.20. The standard InChI is InChI=1S/C14H16ClNO3/c15-12-11-9-18-7-6-16(13(11)12)14(17)19-8-10-4-2-1-3-5-10/h1-5,11-13H,6-9H2/t11-,12-,13-/m1/s1. The lowest BCUT2D eigenvalue weighted by Crippen LogP contribution is -2.36. The summed E-state index contributed by atoms with van der Waals surface area (Å²) in [5, 5.41) is 0.00424. The number of nitrogens with zero attached hydrogens (tertiary/aromatic N) is 1. The zero-order valence-corrected chi connectivity index (χ0v) is 11.3. The monoisotopic (exact) mass is 281 g/mol. The van der Waals surface area contributed by atoms with Gasteiger partial charge in [0.2, 0.25) is 0 Å². The SMILES string of the molecule is O=C(OCc1ccccc1)N1CCOC[C@@H]2[C@@H](Cl)[C@@H]21. The number of amides is 1. The van der Waals surface area contributed by atoms with Gasteiger partial charge in [-0.3, -0.25) is 0 Å². The number of benzene rings is 1. The Labute approximate surface area is 117 Å². The Morgan fingerprint density at radius 3 is 3.00 bits per heavy atom. The van der Waals surface area contributed by atoms with Gasteiger partial charge in [-0.05, 0) is 5.56 Å². The first-order chi connectivity index (χ1) is 9.27. The van der Waals surface area contributed by atoms with E-state index in [1.165, 1.54) is 0 Å². The van der Waals surface area contributed by atoms with Crippen LogP contribution < -0.4 is 0 Å². The van der Waals surface area contributed by atoms with Crippen molar-refractivity contribution in [1.29, 1.82) is 0 Å². The number of fused-ring (bicyclic) bond motifs is 1. The van der Waals surface area contributed by atoms with Gasteiger partial charge in [-0.15, -0.1) is 11.6 Å². The van der Waals surface area contributed by atoms with Crippen LogP contribution in [-0.2, 0) is 16.1 Å². The van der Waals surface area contributed by atoms with Gasteiger partial charge in [0.25, 0.3) is 0 Å². The highest BCUT2D eigenvalue weighted by atomic mass is 35.5. The molecule has 1 aromatic rings. The Bertz CT molecular complexity index is 453. The average molecular weight is 282 g/mol. The topological polar surface area (TPSA) is 38.8 Å². The first-order valence-corrected chi connectivity index (χ1v) is 6.90. The number of hydrogen-bond donors (Lipinski definition) is 0. The van der Waals surface area contributed by atoms with Crippen LogP contribution in [0.3, 0.4) is 0 Å². The second-order valence-electron chi connectivity index (χ2n) is 4.91. The largest absolute Gasteiger partial charge is 0.445 e. The lowest BCUT2D eigenvalue weighted by atomic mass is 10.2. The summed E-state index contributed by atoms with van der Waals surface area (Å²) in [5.41, 5.74) is 0.983. The van der Waals surface area contributed by atoms with Crippen molar-refractivity contribution >= 4 is 17.7 Å². The zero-order chi connectivity index (χ0) is 13.2. The molecule has 19 heavy (non-hydrogen) atoms. The third-order valence-electron chi connectivity index (χ3n) is 3.62. The molecule has 0 radical (unpaired) electrons. The summed E-state index contributed by atoms with van der Waals surface area (Å²) in [6.07, 6.45) is -0.299. The molecule has 2 aliphatic rings. The van der Waals surface area contributed by atoms with Crippen molar-refractivity contribution in [3.8, 4) is 0 Å². The number of hydrogen-bond acceptors (Lipinski definition) is 3. The lowest BCUT2D eigenvalue weighted by molar-refractivity contribution is 0.0837. The van der Waals surface area contributed by atoms with Crippen LogP contribution in [0.2, 0.25) is 0 Å². The van der Waals surface area contributed by atoms with Crippen molar-refractivity contribution in [2.24, 2.45) is 5.92 Å². The fraction of sp³-hybridized carbons (Fsp3) is 0.500. The van der Waals surface area contributed by atoms with Crippen LogP contribution in [0.25, 0.3) is 0 Å². The van der Waals surface area contributed by atoms with Gasteiger partial charge in [-0.1, -0.05) is 30.3 Å². The van der Waals surface area contributed by atoms with E-state index in [0.717, 1.165) is 5.56 Å². The second kappa shape index (κ2) is 5.39. The number of carbonyl (C=O) groups excluding carboxylic acids is 1. The summed E-state index contributed by atoms with van der Waals surface area (Å²) in [4.78, 5) is 13.8. The average Bonchev–Trinajstić information content (AvgIpc) is 3.13. The molecule has 1 aliphatic heterocycles. The molecule has 3 atom stereocenters. The van der Waals surface area contributed by atoms with Gasteiger partial charge in [0.15, 0.2) is 0 Å². The van der Waals surface area contributed by atoms with Crippen molar-refractivity contribution in [2.75, 3.05) is 19.8 Å². The fourth-order valence-electron chi connectivity index (χ4n) is 2.46. The Morgan fingerprint density at radius 1 is 1.42 bits per heavy atom. The highest BCUT2D eigenvalue weighted by Gasteiger charge is 2.55. The first kappa shape index (κ1) is 12.8. The van der Waals surface area contributed by atoms with Crippen molar-refractivity contribution in [2.45, 2.75) is 18.0 Å². The smallest absolute Gasteiger partial charge is 0.410 e. The summed E-state index contributed by atoms with van der Waals surface area (Å²) in [7, 11) is 0. The van der Waals surface area contributed by atoms with Gasteiger partial charge >= 0.3 is 6.09 Å². The first-order valence-electron chi connectivity index (χ1n) is 6.46. The van der Waals surface area contributed by atoms with Crippen molar-refractivity contribution in [3.63, 3.8) is 0 Å². The summed E-state index contributed by atoms with van der Waals surface area (Å²) < 4.78 is 10.8. The fourth-order valence-corrected chi connectivity index (χ4v) is 2.92. The number of ether oxygens (including phenoxy) is 2. The Balaban J connectivity index is 1.58. The van der Waals surface area contributed by atoms with Crippen LogP contribution in [0.5, 0.6) is 0 Å². The summed E-state index contributed by atoms with van der Waals surface area (Å²) in [6.45, 7) is 2.04. The predicted molar refractivity (Wildman–Crippen MR) is 71.1 cm³/mol. The van der Waals surface area contributed by atoms with E-state index in [4.69, 9.17) is 21.1 Å². The number of alkyl halides is 1. The highest BCUT2D eigenvalue weighted by Crippen LogP contribution is 2.42. The number of halogens is 1. The molecule has 0 aromatic heterocycles. The molecule has 1 amide bonds. The van der Waals surface area contributed by atoms with Crippen LogP contribution in [-0.4, -0.2) is 42.2 Å². The van der Waals surface area contributed by atoms with Crippen LogP contribution in [0, 0.1) is 5.92 Å². The Morgan fingerprint density at radius 2 is 2.21 bits per heavy atom. The van der Waals surface area contributed by atoms with Crippen LogP contribution in [0.4, 0.5) is 4.79 Å². The van der Waals surface area contributed by atoms with Crippen LogP contribution in [0.15, 0.2) is 30.3 Å². The minimum Gasteiger partial charge on any atom is -0.445 e. The van der Waals surface area contributed by atoms with Gasteiger partial charge < -0.3 is 14.4 Å². The van der Waals surface area contributed by atoms with E-state index in [9.17, 15) is 4.79 Å². The van der Waals surface area contributed by atoms with Crippen LogP contribution >= 0.6 is 11.6 Å². The highest BCUT2D eigenvalue weighted by molar-refractivity contribution is 6.23. The van der Waals surface area contributed by atoms with Crippen molar-refractivity contribution < 1.29 is 14.3 Å². The molecule has 1 heterocycles. The van der Waals surface area contributed by atoms with E-state index in [-0.39, 0.29) is 23.4 Å². The molecule has 0 spiro atoms. The Kier molecular flexibility index (Phi) is 3.62. The van der Waals surface area contributed by atoms with E-state index in [0.29, 0.717) is 26.4 Å². The molecule has 102 valence electrons. The minimum atomic E-state index is -0.299. The van der Waals surface area contributed by atoms with Crippen molar-refractivity contribution in [3.05, 3.63) is 35.9 Å². The summed E-state index contributed by atoms with van der Waals surface area (Å²) in [6, 6.07) is 9.73. The minimum absolute atomic E-state index is 0.00424. The van der Waals surface area contributed by atoms with E-state index in [1.807, 2.05) is 30.3 Å². The summed E-state index contributed by atoms with van der Waals surface area (Å²) in [5.74, 6) is 0.258. The predicted octanol–water partition coefficient (Wildman–Crippen LogP) is 2.26. The molecule has 5 heteroatoms. The third kappa shape index (κ3) is 2.69. The molecule has 1 saturated heterocycles. The van der Waals surface area contributed by atoms with Gasteiger partial charge in [-0.2, -0.15) is 0 Å². The van der Waals surface area contributed by atoms with Gasteiger partial charge in [0.05, 0.1) is 24.6 Å². The molecule has 2 fully saturated rings. The van der Waals surface area contributed by atoms with E-state index < -0.39 is 0 Å². The van der Waals surface area contributed by atoms with E-state index >= 15 is 0 Å². The molecule has 3 rings (SSSR count). The maximum absolute atomic E-state index is 12.1. The summed E-state index contributed by atoms with van der Waals surface area (Å²) >= 11 is 6.16. The van der Waals surface area contributed by atoms with E-state index in [1.54, 1.807) is 4.90 Å². The van der Waals surface area contributed by atoms with Gasteiger partial charge in [-0.25, -0.2) is 4.79 Å². The number of carbonyl (C=O) groups is 1. The molecule has 1 saturated carbocycles. The molecule has 4 nitrogen and oxygen atoms in total. The van der Waals surface area contributed by atoms with Gasteiger partial charge in [0.1, 0.15) is 6.61 Å². The maximum Gasteiger partial charge on any atom is 0.410 e. The van der Waals surface area contributed by atoms with Crippen molar-refractivity contribution in [1.82, 2.24) is 4.90 Å². The Hall–Kier alpha value is -1.26. The molecular formula is C14H16ClNO3. The molecule has 0 N–H and O–H groups in total.